The Balaban J connectivity index is 0.000000980. The Kier molecular flexibility index (Phi) is 3.13. The van der Waals surface area contributed by atoms with Crippen LogP contribution in [0.5, 0.6) is 0 Å². The second-order valence-corrected chi connectivity index (χ2v) is 3.49. The van der Waals surface area contributed by atoms with Gasteiger partial charge in [-0.1, -0.05) is 0 Å². The Morgan fingerprint density at radius 2 is 2.21 bits per heavy atom. The Hall–Kier alpha value is -1.07. The molecule has 0 fully saturated rings. The van der Waals surface area contributed by atoms with Crippen molar-refractivity contribution >= 4 is 39.8 Å². The van der Waals surface area contributed by atoms with Gasteiger partial charge in [-0.3, -0.25) is 0 Å². The van der Waals surface area contributed by atoms with Crippen molar-refractivity contribution in [1.29, 1.82) is 0 Å². The van der Waals surface area contributed by atoms with Crippen LogP contribution < -0.4 is 0 Å². The maximum absolute atomic E-state index is 10.6. The van der Waals surface area contributed by atoms with Crippen molar-refractivity contribution in [3.05, 3.63) is 34.8 Å². The number of carboxylic acids is 1. The molecular weight excluding hydrogens is 271 g/mol. The maximum atomic E-state index is 10.6. The first kappa shape index (κ1) is 11.0. The van der Waals surface area contributed by atoms with Crippen LogP contribution in [0.3, 0.4) is 0 Å². The van der Waals surface area contributed by atoms with E-state index in [4.69, 9.17) is 5.11 Å². The van der Waals surface area contributed by atoms with Crippen molar-refractivity contribution in [2.75, 3.05) is 0 Å². The minimum Gasteiger partial charge on any atom is -0.477 e. The molecule has 0 aliphatic carbocycles. The summed E-state index contributed by atoms with van der Waals surface area (Å²) in [6.45, 7) is 0. The number of hydrogen-bond donors (Lipinski definition) is 1. The molecule has 6 heteroatoms. The number of halogens is 2. The van der Waals surface area contributed by atoms with Crippen molar-refractivity contribution in [3.63, 3.8) is 0 Å². The summed E-state index contributed by atoms with van der Waals surface area (Å²) in [7, 11) is 0. The third-order valence-electron chi connectivity index (χ3n) is 1.67. The number of fused-ring (bicyclic) bond motifs is 1. The molecule has 2 rings (SSSR count). The van der Waals surface area contributed by atoms with Crippen LogP contribution in [0.1, 0.15) is 10.5 Å². The zero-order valence-electron chi connectivity index (χ0n) is 6.85. The van der Waals surface area contributed by atoms with Gasteiger partial charge in [-0.15, -0.1) is 12.4 Å². The Morgan fingerprint density at radius 1 is 1.50 bits per heavy atom. The van der Waals surface area contributed by atoms with E-state index < -0.39 is 5.97 Å². The molecule has 0 aliphatic heterocycles. The van der Waals surface area contributed by atoms with Crippen LogP contribution in [-0.2, 0) is 0 Å². The van der Waals surface area contributed by atoms with Crippen LogP contribution in [0.4, 0.5) is 0 Å². The van der Waals surface area contributed by atoms with Crippen LogP contribution in [0, 0.1) is 0 Å². The topological polar surface area (TPSA) is 54.6 Å². The fourth-order valence-corrected chi connectivity index (χ4v) is 1.55. The average Bonchev–Trinajstić information content (AvgIpc) is 2.42. The van der Waals surface area contributed by atoms with Gasteiger partial charge >= 0.3 is 5.97 Å². The van der Waals surface area contributed by atoms with Gasteiger partial charge in [-0.05, 0) is 28.1 Å². The zero-order chi connectivity index (χ0) is 9.42. The van der Waals surface area contributed by atoms with Crippen molar-refractivity contribution in [1.82, 2.24) is 9.38 Å². The predicted molar refractivity (Wildman–Crippen MR) is 57.1 cm³/mol. The molecule has 0 saturated heterocycles. The van der Waals surface area contributed by atoms with E-state index in [9.17, 15) is 4.79 Å². The van der Waals surface area contributed by atoms with Gasteiger partial charge in [0.2, 0.25) is 0 Å². The number of carbonyl (C=O) groups is 1. The number of aromatic nitrogens is 2. The van der Waals surface area contributed by atoms with E-state index in [-0.39, 0.29) is 18.1 Å². The highest BCUT2D eigenvalue weighted by atomic mass is 79.9. The summed E-state index contributed by atoms with van der Waals surface area (Å²) in [6.07, 6.45) is 3.29. The van der Waals surface area contributed by atoms with E-state index in [1.165, 1.54) is 12.4 Å². The van der Waals surface area contributed by atoms with E-state index in [1.54, 1.807) is 4.40 Å². The first-order valence-electron chi connectivity index (χ1n) is 3.53. The molecule has 0 spiro atoms. The molecule has 2 aromatic rings. The molecule has 0 radical (unpaired) electrons. The monoisotopic (exact) mass is 276 g/mol. The van der Waals surface area contributed by atoms with Crippen molar-refractivity contribution in [2.45, 2.75) is 0 Å². The van der Waals surface area contributed by atoms with Crippen LogP contribution >= 0.6 is 28.3 Å². The Labute approximate surface area is 94.1 Å². The van der Waals surface area contributed by atoms with Crippen LogP contribution in [0.2, 0.25) is 0 Å². The Morgan fingerprint density at radius 3 is 2.86 bits per heavy atom. The SMILES string of the molecule is Cl.O=C(O)c1cc2cc(Br)cn2cn1. The standard InChI is InChI=1S/C8H5BrN2O2.ClH/c9-5-1-6-2-7(8(12)13)10-4-11(6)3-5;/h1-4H,(H,12,13);1H. The molecule has 14 heavy (non-hydrogen) atoms. The molecule has 2 aromatic heterocycles. The molecule has 2 heterocycles. The summed E-state index contributed by atoms with van der Waals surface area (Å²) in [6, 6.07) is 3.35. The normalized spacial score (nSPS) is 9.79. The lowest BCUT2D eigenvalue weighted by Gasteiger charge is -1.94. The molecule has 0 atom stereocenters. The number of carboxylic acid groups (broad SMARTS) is 1. The molecule has 4 nitrogen and oxygen atoms in total. The number of hydrogen-bond acceptors (Lipinski definition) is 2. The van der Waals surface area contributed by atoms with Crippen molar-refractivity contribution < 1.29 is 9.90 Å². The van der Waals surface area contributed by atoms with Crippen LogP contribution in [0.25, 0.3) is 5.52 Å². The summed E-state index contributed by atoms with van der Waals surface area (Å²) in [4.78, 5) is 14.3. The molecule has 1 N–H and O–H groups in total. The third kappa shape index (κ3) is 1.88. The Bertz CT molecular complexity index is 483. The predicted octanol–water partition coefficient (Wildman–Crippen LogP) is 2.22. The van der Waals surface area contributed by atoms with Gasteiger partial charge in [-0.2, -0.15) is 0 Å². The molecule has 0 aromatic carbocycles. The van der Waals surface area contributed by atoms with E-state index in [1.807, 2.05) is 12.3 Å². The molecule has 74 valence electrons. The molecule has 0 bridgehead atoms. The fourth-order valence-electron chi connectivity index (χ4n) is 1.10. The first-order chi connectivity index (χ1) is 6.16. The highest BCUT2D eigenvalue weighted by Gasteiger charge is 2.05. The lowest BCUT2D eigenvalue weighted by Crippen LogP contribution is -2.00. The molecule has 0 unspecified atom stereocenters. The van der Waals surface area contributed by atoms with Crippen molar-refractivity contribution in [3.8, 4) is 0 Å². The number of nitrogens with zero attached hydrogens (tertiary/aromatic N) is 2. The van der Waals surface area contributed by atoms with Crippen molar-refractivity contribution in [2.24, 2.45) is 0 Å². The summed E-state index contributed by atoms with van der Waals surface area (Å²) in [5.41, 5.74) is 0.859. The van der Waals surface area contributed by atoms with E-state index in [2.05, 4.69) is 20.9 Å². The van der Waals surface area contributed by atoms with E-state index in [0.29, 0.717) is 0 Å². The first-order valence-corrected chi connectivity index (χ1v) is 4.32. The second-order valence-electron chi connectivity index (χ2n) is 2.57. The van der Waals surface area contributed by atoms with Crippen LogP contribution in [-0.4, -0.2) is 20.5 Å². The summed E-state index contributed by atoms with van der Waals surface area (Å²) >= 11 is 3.29. The van der Waals surface area contributed by atoms with E-state index >= 15 is 0 Å². The second kappa shape index (κ2) is 3.98. The summed E-state index contributed by atoms with van der Waals surface area (Å²) in [5.74, 6) is -1.01. The van der Waals surface area contributed by atoms with Gasteiger partial charge in [0, 0.05) is 10.7 Å². The van der Waals surface area contributed by atoms with Gasteiger partial charge in [0.15, 0.2) is 5.69 Å². The third-order valence-corrected chi connectivity index (χ3v) is 2.10. The smallest absolute Gasteiger partial charge is 0.354 e. The van der Waals surface area contributed by atoms with Gasteiger partial charge in [0.05, 0.1) is 5.52 Å². The minimum atomic E-state index is -1.01. The largest absolute Gasteiger partial charge is 0.477 e. The highest BCUT2D eigenvalue weighted by Crippen LogP contribution is 2.15. The lowest BCUT2D eigenvalue weighted by atomic mass is 10.3. The van der Waals surface area contributed by atoms with Crippen LogP contribution in [0.15, 0.2) is 29.1 Å². The number of aromatic carboxylic acids is 1. The molecule has 0 amide bonds. The molecule has 0 saturated carbocycles. The van der Waals surface area contributed by atoms with Gasteiger partial charge < -0.3 is 9.51 Å². The number of rotatable bonds is 1. The molecular formula is C8H6BrClN2O2. The van der Waals surface area contributed by atoms with Gasteiger partial charge in [0.1, 0.15) is 6.33 Å². The zero-order valence-corrected chi connectivity index (χ0v) is 9.25. The summed E-state index contributed by atoms with van der Waals surface area (Å²) < 4.78 is 2.65. The van der Waals surface area contributed by atoms with E-state index in [0.717, 1.165) is 9.99 Å². The van der Waals surface area contributed by atoms with Gasteiger partial charge in [0.25, 0.3) is 0 Å². The molecule has 0 aliphatic rings. The summed E-state index contributed by atoms with van der Waals surface area (Å²) in [5, 5.41) is 8.67. The fraction of sp³-hybridized carbons (Fsp3) is 0. The quantitative estimate of drug-likeness (QED) is 0.869. The maximum Gasteiger partial charge on any atom is 0.354 e. The van der Waals surface area contributed by atoms with Gasteiger partial charge in [-0.25, -0.2) is 9.78 Å². The average molecular weight is 278 g/mol. The highest BCUT2D eigenvalue weighted by molar-refractivity contribution is 9.10. The minimum absolute atomic E-state index is 0. The lowest BCUT2D eigenvalue weighted by molar-refractivity contribution is 0.0690.